The average molecular weight is 239 g/mol. The van der Waals surface area contributed by atoms with E-state index in [1.165, 1.54) is 0 Å². The van der Waals surface area contributed by atoms with Gasteiger partial charge in [0.2, 0.25) is 5.75 Å². The SMILES string of the molecule is CCCC(N)c1ccc(OC)c(OC)c1OC. The lowest BCUT2D eigenvalue weighted by Crippen LogP contribution is -2.12. The van der Waals surface area contributed by atoms with E-state index in [4.69, 9.17) is 19.9 Å². The number of benzene rings is 1. The van der Waals surface area contributed by atoms with Gasteiger partial charge in [0.05, 0.1) is 21.3 Å². The second-order valence-electron chi connectivity index (χ2n) is 3.82. The molecule has 1 aromatic rings. The number of hydrogen-bond donors (Lipinski definition) is 1. The highest BCUT2D eigenvalue weighted by Gasteiger charge is 2.19. The average Bonchev–Trinajstić information content (AvgIpc) is 2.36. The Kier molecular flexibility index (Phi) is 5.10. The molecule has 1 atom stereocenters. The Morgan fingerprint density at radius 3 is 2.18 bits per heavy atom. The third kappa shape index (κ3) is 2.82. The zero-order valence-corrected chi connectivity index (χ0v) is 10.9. The summed E-state index contributed by atoms with van der Waals surface area (Å²) in [6, 6.07) is 3.74. The summed E-state index contributed by atoms with van der Waals surface area (Å²) in [6.07, 6.45) is 1.94. The molecule has 0 heterocycles. The Balaban J connectivity index is 3.22. The molecule has 0 fully saturated rings. The van der Waals surface area contributed by atoms with Gasteiger partial charge in [-0.3, -0.25) is 0 Å². The molecule has 4 heteroatoms. The smallest absolute Gasteiger partial charge is 0.203 e. The molecule has 1 rings (SSSR count). The molecule has 2 N–H and O–H groups in total. The maximum absolute atomic E-state index is 6.12. The summed E-state index contributed by atoms with van der Waals surface area (Å²) in [4.78, 5) is 0. The van der Waals surface area contributed by atoms with Crippen molar-refractivity contribution >= 4 is 0 Å². The minimum absolute atomic E-state index is 0.0465. The summed E-state index contributed by atoms with van der Waals surface area (Å²) in [5.41, 5.74) is 7.07. The lowest BCUT2D eigenvalue weighted by molar-refractivity contribution is 0.320. The minimum Gasteiger partial charge on any atom is -0.493 e. The number of methoxy groups -OCH3 is 3. The van der Waals surface area contributed by atoms with Gasteiger partial charge in [-0.2, -0.15) is 0 Å². The van der Waals surface area contributed by atoms with Crippen molar-refractivity contribution in [3.05, 3.63) is 17.7 Å². The minimum atomic E-state index is -0.0465. The van der Waals surface area contributed by atoms with Gasteiger partial charge in [0.1, 0.15) is 0 Å². The fourth-order valence-electron chi connectivity index (χ4n) is 1.88. The number of rotatable bonds is 6. The van der Waals surface area contributed by atoms with Crippen LogP contribution in [0, 0.1) is 0 Å². The van der Waals surface area contributed by atoms with E-state index in [0.717, 1.165) is 18.4 Å². The van der Waals surface area contributed by atoms with Crippen LogP contribution in [0.5, 0.6) is 17.2 Å². The van der Waals surface area contributed by atoms with Crippen LogP contribution in [0.2, 0.25) is 0 Å². The van der Waals surface area contributed by atoms with E-state index in [-0.39, 0.29) is 6.04 Å². The number of ether oxygens (including phenoxy) is 3. The van der Waals surface area contributed by atoms with Crippen LogP contribution in [0.15, 0.2) is 12.1 Å². The van der Waals surface area contributed by atoms with Crippen LogP contribution in [0.25, 0.3) is 0 Å². The summed E-state index contributed by atoms with van der Waals surface area (Å²) in [5.74, 6) is 1.91. The van der Waals surface area contributed by atoms with Gasteiger partial charge in [0.25, 0.3) is 0 Å². The third-order valence-electron chi connectivity index (χ3n) is 2.73. The number of nitrogens with two attached hydrogens (primary N) is 1. The molecule has 0 saturated carbocycles. The predicted octanol–water partition coefficient (Wildman–Crippen LogP) is 2.51. The summed E-state index contributed by atoms with van der Waals surface area (Å²) in [7, 11) is 4.80. The van der Waals surface area contributed by atoms with E-state index in [0.29, 0.717) is 17.2 Å². The van der Waals surface area contributed by atoms with E-state index in [2.05, 4.69) is 6.92 Å². The molecule has 0 aliphatic carbocycles. The fourth-order valence-corrected chi connectivity index (χ4v) is 1.88. The van der Waals surface area contributed by atoms with Crippen molar-refractivity contribution in [2.45, 2.75) is 25.8 Å². The molecular weight excluding hydrogens is 218 g/mol. The van der Waals surface area contributed by atoms with Gasteiger partial charge in [-0.25, -0.2) is 0 Å². The van der Waals surface area contributed by atoms with Crippen molar-refractivity contribution in [1.29, 1.82) is 0 Å². The van der Waals surface area contributed by atoms with Crippen LogP contribution in [0.1, 0.15) is 31.4 Å². The Morgan fingerprint density at radius 2 is 1.71 bits per heavy atom. The molecule has 0 bridgehead atoms. The maximum Gasteiger partial charge on any atom is 0.203 e. The first-order valence-corrected chi connectivity index (χ1v) is 5.74. The highest BCUT2D eigenvalue weighted by atomic mass is 16.5. The molecule has 4 nitrogen and oxygen atoms in total. The molecule has 0 aromatic heterocycles. The van der Waals surface area contributed by atoms with Crippen LogP contribution in [-0.4, -0.2) is 21.3 Å². The summed E-state index contributed by atoms with van der Waals surface area (Å²) >= 11 is 0. The van der Waals surface area contributed by atoms with Gasteiger partial charge >= 0.3 is 0 Å². The summed E-state index contributed by atoms with van der Waals surface area (Å²) in [5, 5.41) is 0. The summed E-state index contributed by atoms with van der Waals surface area (Å²) < 4.78 is 15.9. The van der Waals surface area contributed by atoms with Gasteiger partial charge in [0.15, 0.2) is 11.5 Å². The molecule has 0 spiro atoms. The van der Waals surface area contributed by atoms with Gasteiger partial charge in [-0.1, -0.05) is 13.3 Å². The predicted molar refractivity (Wildman–Crippen MR) is 67.9 cm³/mol. The molecule has 1 unspecified atom stereocenters. The Morgan fingerprint density at radius 1 is 1.06 bits per heavy atom. The van der Waals surface area contributed by atoms with Crippen LogP contribution in [-0.2, 0) is 0 Å². The first-order valence-electron chi connectivity index (χ1n) is 5.74. The van der Waals surface area contributed by atoms with E-state index in [1.54, 1.807) is 21.3 Å². The van der Waals surface area contributed by atoms with Gasteiger partial charge in [0, 0.05) is 11.6 Å². The topological polar surface area (TPSA) is 53.7 Å². The van der Waals surface area contributed by atoms with E-state index in [1.807, 2.05) is 12.1 Å². The first-order chi connectivity index (χ1) is 8.19. The van der Waals surface area contributed by atoms with E-state index < -0.39 is 0 Å². The molecule has 0 radical (unpaired) electrons. The number of hydrogen-bond acceptors (Lipinski definition) is 4. The lowest BCUT2D eigenvalue weighted by atomic mass is 10.0. The van der Waals surface area contributed by atoms with Crippen LogP contribution < -0.4 is 19.9 Å². The van der Waals surface area contributed by atoms with Crippen molar-refractivity contribution in [2.75, 3.05) is 21.3 Å². The molecule has 0 aliphatic heterocycles. The largest absolute Gasteiger partial charge is 0.493 e. The Bertz CT molecular complexity index is 366. The van der Waals surface area contributed by atoms with Crippen molar-refractivity contribution in [3.63, 3.8) is 0 Å². The normalized spacial score (nSPS) is 12.1. The Hall–Kier alpha value is -1.42. The van der Waals surface area contributed by atoms with E-state index >= 15 is 0 Å². The fraction of sp³-hybridized carbons (Fsp3) is 0.538. The van der Waals surface area contributed by atoms with Crippen molar-refractivity contribution in [3.8, 4) is 17.2 Å². The van der Waals surface area contributed by atoms with Gasteiger partial charge in [-0.15, -0.1) is 0 Å². The Labute approximate surface area is 103 Å². The van der Waals surface area contributed by atoms with Crippen molar-refractivity contribution < 1.29 is 14.2 Å². The third-order valence-corrected chi connectivity index (χ3v) is 2.73. The highest BCUT2D eigenvalue weighted by Crippen LogP contribution is 2.42. The van der Waals surface area contributed by atoms with Gasteiger partial charge < -0.3 is 19.9 Å². The van der Waals surface area contributed by atoms with Gasteiger partial charge in [-0.05, 0) is 18.6 Å². The van der Waals surface area contributed by atoms with Crippen molar-refractivity contribution in [1.82, 2.24) is 0 Å². The molecule has 96 valence electrons. The second kappa shape index (κ2) is 6.35. The zero-order valence-electron chi connectivity index (χ0n) is 10.9. The molecule has 0 amide bonds. The molecule has 17 heavy (non-hydrogen) atoms. The monoisotopic (exact) mass is 239 g/mol. The molecule has 0 aliphatic rings. The van der Waals surface area contributed by atoms with Crippen LogP contribution in [0.4, 0.5) is 0 Å². The molecule has 1 aromatic carbocycles. The molecular formula is C13H21NO3. The first kappa shape index (κ1) is 13.6. The quantitative estimate of drug-likeness (QED) is 0.828. The molecule has 0 saturated heterocycles. The highest BCUT2D eigenvalue weighted by molar-refractivity contribution is 5.56. The lowest BCUT2D eigenvalue weighted by Gasteiger charge is -2.19. The van der Waals surface area contributed by atoms with Crippen LogP contribution in [0.3, 0.4) is 0 Å². The standard InChI is InChI=1S/C13H21NO3/c1-5-6-10(14)9-7-8-11(15-2)13(17-4)12(9)16-3/h7-8,10H,5-6,14H2,1-4H3. The van der Waals surface area contributed by atoms with Crippen LogP contribution >= 0.6 is 0 Å². The van der Waals surface area contributed by atoms with Crippen molar-refractivity contribution in [2.24, 2.45) is 5.73 Å². The van der Waals surface area contributed by atoms with E-state index in [9.17, 15) is 0 Å². The maximum atomic E-state index is 6.12. The summed E-state index contributed by atoms with van der Waals surface area (Å²) in [6.45, 7) is 2.10. The second-order valence-corrected chi connectivity index (χ2v) is 3.82. The zero-order chi connectivity index (χ0) is 12.8.